The number of hydrogen-bond donors (Lipinski definition) is 2. The van der Waals surface area contributed by atoms with E-state index in [4.69, 9.17) is 4.42 Å². The minimum absolute atomic E-state index is 0.0968. The van der Waals surface area contributed by atoms with Gasteiger partial charge in [-0.1, -0.05) is 0 Å². The summed E-state index contributed by atoms with van der Waals surface area (Å²) in [4.78, 5) is 28.3. The number of carbonyl (C=O) groups is 2. The molecule has 1 aliphatic rings. The molecule has 0 bridgehead atoms. The molecule has 1 aliphatic heterocycles. The highest BCUT2D eigenvalue weighted by Crippen LogP contribution is 2.24. The van der Waals surface area contributed by atoms with Crippen LogP contribution in [0.2, 0.25) is 0 Å². The second kappa shape index (κ2) is 6.74. The van der Waals surface area contributed by atoms with E-state index in [0.717, 1.165) is 17.8 Å². The lowest BCUT2D eigenvalue weighted by Crippen LogP contribution is -2.46. The van der Waals surface area contributed by atoms with Crippen molar-refractivity contribution in [2.45, 2.75) is 31.7 Å². The Morgan fingerprint density at radius 1 is 1.50 bits per heavy atom. The second-order valence-electron chi connectivity index (χ2n) is 5.20. The highest BCUT2D eigenvalue weighted by molar-refractivity contribution is 7.13. The second-order valence-corrected chi connectivity index (χ2v) is 6.06. The molecule has 0 radical (unpaired) electrons. The van der Waals surface area contributed by atoms with Gasteiger partial charge in [0.25, 0.3) is 0 Å². The van der Waals surface area contributed by atoms with Gasteiger partial charge >= 0.3 is 0 Å². The molecule has 2 aromatic heterocycles. The van der Waals surface area contributed by atoms with Crippen LogP contribution in [0.5, 0.6) is 0 Å². The Morgan fingerprint density at radius 2 is 2.41 bits per heavy atom. The minimum atomic E-state index is -0.432. The quantitative estimate of drug-likeness (QED) is 0.899. The maximum absolute atomic E-state index is 12.1. The number of hydrogen-bond acceptors (Lipinski definition) is 5. The van der Waals surface area contributed by atoms with Gasteiger partial charge in [-0.15, -0.1) is 11.3 Å². The predicted octanol–water partition coefficient (Wildman–Crippen LogP) is 1.73. The number of thiazole rings is 1. The molecule has 2 amide bonds. The Balaban J connectivity index is 1.58. The highest BCUT2D eigenvalue weighted by atomic mass is 32.1. The van der Waals surface area contributed by atoms with Crippen LogP contribution in [-0.2, 0) is 16.0 Å². The van der Waals surface area contributed by atoms with Crippen LogP contribution in [0.15, 0.2) is 28.2 Å². The summed E-state index contributed by atoms with van der Waals surface area (Å²) >= 11 is 1.44. The number of amides is 2. The Bertz CT molecular complexity index is 651. The molecular formula is C15H17N3O3S. The van der Waals surface area contributed by atoms with Crippen molar-refractivity contribution in [2.75, 3.05) is 6.54 Å². The lowest BCUT2D eigenvalue weighted by Gasteiger charge is -2.14. The van der Waals surface area contributed by atoms with E-state index in [9.17, 15) is 9.59 Å². The fourth-order valence-corrected chi connectivity index (χ4v) is 3.17. The van der Waals surface area contributed by atoms with Gasteiger partial charge in [-0.05, 0) is 31.4 Å². The molecule has 0 aliphatic carbocycles. The Labute approximate surface area is 131 Å². The summed E-state index contributed by atoms with van der Waals surface area (Å²) in [6.45, 7) is 0.684. The van der Waals surface area contributed by atoms with Gasteiger partial charge in [0.1, 0.15) is 6.04 Å². The molecular weight excluding hydrogens is 302 g/mol. The first-order chi connectivity index (χ1) is 10.7. The molecule has 1 saturated heterocycles. The average molecular weight is 319 g/mol. The number of rotatable bonds is 4. The van der Waals surface area contributed by atoms with Crippen molar-refractivity contribution in [3.8, 4) is 10.8 Å². The smallest absolute Gasteiger partial charge is 0.242 e. The fraction of sp³-hybridized carbons (Fsp3) is 0.400. The normalized spacial score (nSPS) is 18.5. The van der Waals surface area contributed by atoms with Gasteiger partial charge in [-0.25, -0.2) is 4.98 Å². The average Bonchev–Trinajstić information content (AvgIpc) is 3.12. The fourth-order valence-electron chi connectivity index (χ4n) is 2.39. The predicted molar refractivity (Wildman–Crippen MR) is 82.3 cm³/mol. The Kier molecular flexibility index (Phi) is 4.53. The first kappa shape index (κ1) is 14.8. The van der Waals surface area contributed by atoms with E-state index in [0.29, 0.717) is 24.4 Å². The summed E-state index contributed by atoms with van der Waals surface area (Å²) in [5.74, 6) is 0.415. The van der Waals surface area contributed by atoms with E-state index in [1.807, 2.05) is 11.4 Å². The van der Waals surface area contributed by atoms with E-state index in [1.54, 1.807) is 12.3 Å². The summed E-state index contributed by atoms with van der Waals surface area (Å²) in [6.07, 6.45) is 4.33. The molecule has 3 heterocycles. The molecule has 2 N–H and O–H groups in total. The van der Waals surface area contributed by atoms with Crippen LogP contribution < -0.4 is 10.6 Å². The van der Waals surface area contributed by atoms with Crippen molar-refractivity contribution in [2.24, 2.45) is 0 Å². The molecule has 6 nitrogen and oxygen atoms in total. The molecule has 1 fully saturated rings. The summed E-state index contributed by atoms with van der Waals surface area (Å²) < 4.78 is 5.28. The molecule has 3 rings (SSSR count). The van der Waals surface area contributed by atoms with Crippen molar-refractivity contribution in [1.29, 1.82) is 0 Å². The molecule has 0 saturated carbocycles. The van der Waals surface area contributed by atoms with Gasteiger partial charge in [0, 0.05) is 11.9 Å². The van der Waals surface area contributed by atoms with Crippen LogP contribution in [0.1, 0.15) is 25.0 Å². The maximum atomic E-state index is 12.1. The SMILES string of the molecule is O=C(Cc1csc(-c2ccco2)n1)N[C@@H]1CCCCNC1=O. The number of carbonyl (C=O) groups excluding carboxylic acids is 2. The number of nitrogens with one attached hydrogen (secondary N) is 2. The zero-order chi connectivity index (χ0) is 15.4. The topological polar surface area (TPSA) is 84.2 Å². The van der Waals surface area contributed by atoms with Crippen LogP contribution in [0.25, 0.3) is 10.8 Å². The molecule has 2 aromatic rings. The van der Waals surface area contributed by atoms with E-state index in [2.05, 4.69) is 15.6 Å². The number of furan rings is 1. The van der Waals surface area contributed by atoms with Crippen molar-refractivity contribution in [3.63, 3.8) is 0 Å². The van der Waals surface area contributed by atoms with Crippen molar-refractivity contribution < 1.29 is 14.0 Å². The van der Waals surface area contributed by atoms with Crippen molar-refractivity contribution in [3.05, 3.63) is 29.5 Å². The van der Waals surface area contributed by atoms with Gasteiger partial charge in [0.2, 0.25) is 11.8 Å². The molecule has 0 spiro atoms. The van der Waals surface area contributed by atoms with Crippen LogP contribution in [0.3, 0.4) is 0 Å². The molecule has 0 unspecified atom stereocenters. The minimum Gasteiger partial charge on any atom is -0.462 e. The van der Waals surface area contributed by atoms with Gasteiger partial charge in [-0.3, -0.25) is 9.59 Å². The molecule has 116 valence electrons. The summed E-state index contributed by atoms with van der Waals surface area (Å²) in [5, 5.41) is 8.19. The van der Waals surface area contributed by atoms with E-state index in [-0.39, 0.29) is 18.2 Å². The summed E-state index contributed by atoms with van der Waals surface area (Å²) in [7, 11) is 0. The van der Waals surface area contributed by atoms with Crippen LogP contribution in [0, 0.1) is 0 Å². The summed E-state index contributed by atoms with van der Waals surface area (Å²) in [5.41, 5.74) is 0.683. The first-order valence-corrected chi connectivity index (χ1v) is 8.16. The van der Waals surface area contributed by atoms with Gasteiger partial charge in [0.05, 0.1) is 18.4 Å². The molecule has 1 atom stereocenters. The zero-order valence-electron chi connectivity index (χ0n) is 12.0. The lowest BCUT2D eigenvalue weighted by molar-refractivity contribution is -0.128. The van der Waals surface area contributed by atoms with E-state index < -0.39 is 6.04 Å². The largest absolute Gasteiger partial charge is 0.462 e. The molecule has 0 aromatic carbocycles. The maximum Gasteiger partial charge on any atom is 0.242 e. The third kappa shape index (κ3) is 3.54. The third-order valence-corrected chi connectivity index (χ3v) is 4.40. The molecule has 7 heteroatoms. The Hall–Kier alpha value is -2.15. The highest BCUT2D eigenvalue weighted by Gasteiger charge is 2.22. The lowest BCUT2D eigenvalue weighted by atomic mass is 10.1. The zero-order valence-corrected chi connectivity index (χ0v) is 12.8. The van der Waals surface area contributed by atoms with Crippen molar-refractivity contribution >= 4 is 23.2 Å². The van der Waals surface area contributed by atoms with Crippen LogP contribution >= 0.6 is 11.3 Å². The van der Waals surface area contributed by atoms with E-state index in [1.165, 1.54) is 11.3 Å². The van der Waals surface area contributed by atoms with Crippen LogP contribution in [-0.4, -0.2) is 29.4 Å². The van der Waals surface area contributed by atoms with Gasteiger partial charge < -0.3 is 15.1 Å². The number of aromatic nitrogens is 1. The standard InChI is InChI=1S/C15H17N3O3S/c19-13(18-11-4-1-2-6-16-14(11)20)8-10-9-22-15(17-10)12-5-3-7-21-12/h3,5,7,9,11H,1-2,4,6,8H2,(H,16,20)(H,18,19)/t11-/m1/s1. The number of nitrogens with zero attached hydrogens (tertiary/aromatic N) is 1. The summed E-state index contributed by atoms with van der Waals surface area (Å²) in [6, 6.07) is 3.20. The van der Waals surface area contributed by atoms with Crippen molar-refractivity contribution in [1.82, 2.24) is 15.6 Å². The Morgan fingerprint density at radius 3 is 3.23 bits per heavy atom. The monoisotopic (exact) mass is 319 g/mol. The van der Waals surface area contributed by atoms with Crippen LogP contribution in [0.4, 0.5) is 0 Å². The van der Waals surface area contributed by atoms with Gasteiger partial charge in [0.15, 0.2) is 10.8 Å². The van der Waals surface area contributed by atoms with E-state index >= 15 is 0 Å². The molecule has 22 heavy (non-hydrogen) atoms. The van der Waals surface area contributed by atoms with Gasteiger partial charge in [-0.2, -0.15) is 0 Å². The first-order valence-electron chi connectivity index (χ1n) is 7.28. The third-order valence-electron chi connectivity index (χ3n) is 3.50.